The van der Waals surface area contributed by atoms with E-state index in [0.29, 0.717) is 6.42 Å². The van der Waals surface area contributed by atoms with Crippen molar-refractivity contribution in [2.75, 3.05) is 5.32 Å². The molecule has 1 amide bonds. The van der Waals surface area contributed by atoms with Gasteiger partial charge in [0.1, 0.15) is 6.54 Å². The summed E-state index contributed by atoms with van der Waals surface area (Å²) in [6.45, 7) is 2.97. The van der Waals surface area contributed by atoms with Crippen LogP contribution in [0.1, 0.15) is 24.8 Å². The zero-order valence-corrected chi connectivity index (χ0v) is 15.7. The number of hydrogen-bond acceptors (Lipinski definition) is 1. The highest BCUT2D eigenvalue weighted by molar-refractivity contribution is 9.10. The second-order valence-corrected chi connectivity index (χ2v) is 5.96. The Hall–Kier alpha value is -1.20. The monoisotopic (exact) mass is 426 g/mol. The average Bonchev–Trinajstić information content (AvgIpc) is 2.48. The molecule has 0 aliphatic heterocycles. The molecule has 1 aromatic carbocycles. The summed E-state index contributed by atoms with van der Waals surface area (Å²) in [6, 6.07) is 12.0. The van der Waals surface area contributed by atoms with Crippen LogP contribution in [0.3, 0.4) is 0 Å². The normalized spacial score (nSPS) is 9.91. The zero-order valence-electron chi connectivity index (χ0n) is 12.6. The number of amides is 1. The number of anilines is 1. The van der Waals surface area contributed by atoms with Crippen LogP contribution in [0.15, 0.2) is 53.3 Å². The first-order valence-corrected chi connectivity index (χ1v) is 7.94. The molecule has 0 saturated carbocycles. The number of carbonyl (C=O) groups is 1. The van der Waals surface area contributed by atoms with E-state index in [0.717, 1.165) is 29.5 Å². The molecule has 0 aliphatic rings. The van der Waals surface area contributed by atoms with Crippen LogP contribution in [0.2, 0.25) is 0 Å². The smallest absolute Gasteiger partial charge is 0.224 e. The molecular weight excluding hydrogens is 408 g/mol. The molecule has 2 aromatic rings. The first-order chi connectivity index (χ1) is 10.1. The van der Waals surface area contributed by atoms with E-state index in [1.165, 1.54) is 5.56 Å². The maximum absolute atomic E-state index is 11.9. The molecule has 1 N–H and O–H groups in total. The summed E-state index contributed by atoms with van der Waals surface area (Å²) in [4.78, 5) is 11.9. The van der Waals surface area contributed by atoms with Gasteiger partial charge in [-0.05, 0) is 47.0 Å². The molecule has 3 nitrogen and oxygen atoms in total. The summed E-state index contributed by atoms with van der Waals surface area (Å²) in [5, 5.41) is 2.94. The first-order valence-electron chi connectivity index (χ1n) is 7.15. The molecule has 2 rings (SSSR count). The SMILES string of the molecule is Cc1ccc(NC(=O)CCCC[n+]2ccccc2)c(Br)c1.[Br-]. The molecule has 118 valence electrons. The molecule has 5 heteroatoms. The van der Waals surface area contributed by atoms with Gasteiger partial charge in [0, 0.05) is 29.4 Å². The van der Waals surface area contributed by atoms with Gasteiger partial charge >= 0.3 is 0 Å². The Morgan fingerprint density at radius 1 is 1.18 bits per heavy atom. The number of nitrogens with zero attached hydrogens (tertiary/aromatic N) is 1. The lowest BCUT2D eigenvalue weighted by Crippen LogP contribution is -3.00. The van der Waals surface area contributed by atoms with Crippen molar-refractivity contribution < 1.29 is 26.3 Å². The van der Waals surface area contributed by atoms with Crippen molar-refractivity contribution in [1.29, 1.82) is 0 Å². The van der Waals surface area contributed by atoms with Crippen LogP contribution in [0.25, 0.3) is 0 Å². The van der Waals surface area contributed by atoms with Crippen LogP contribution in [0.4, 0.5) is 5.69 Å². The third-order valence-corrected chi connectivity index (χ3v) is 3.90. The van der Waals surface area contributed by atoms with Crippen molar-refractivity contribution in [2.24, 2.45) is 0 Å². The van der Waals surface area contributed by atoms with Crippen molar-refractivity contribution in [3.63, 3.8) is 0 Å². The summed E-state index contributed by atoms with van der Waals surface area (Å²) in [5.74, 6) is 0.0672. The van der Waals surface area contributed by atoms with Crippen LogP contribution >= 0.6 is 15.9 Å². The van der Waals surface area contributed by atoms with E-state index < -0.39 is 0 Å². The molecule has 0 radical (unpaired) electrons. The van der Waals surface area contributed by atoms with E-state index in [1.807, 2.05) is 55.7 Å². The fourth-order valence-electron chi connectivity index (χ4n) is 2.10. The Kier molecular flexibility index (Phi) is 8.35. The van der Waals surface area contributed by atoms with E-state index in [4.69, 9.17) is 0 Å². The minimum Gasteiger partial charge on any atom is -1.00 e. The summed E-state index contributed by atoms with van der Waals surface area (Å²) >= 11 is 3.47. The Labute approximate surface area is 150 Å². The lowest BCUT2D eigenvalue weighted by atomic mass is 10.2. The number of rotatable bonds is 6. The lowest BCUT2D eigenvalue weighted by molar-refractivity contribution is -0.697. The molecule has 1 heterocycles. The van der Waals surface area contributed by atoms with E-state index in [9.17, 15) is 4.79 Å². The van der Waals surface area contributed by atoms with Gasteiger partial charge in [0.05, 0.1) is 5.69 Å². The Morgan fingerprint density at radius 3 is 2.59 bits per heavy atom. The molecule has 0 bridgehead atoms. The molecular formula is C17H20Br2N2O. The van der Waals surface area contributed by atoms with Crippen molar-refractivity contribution in [2.45, 2.75) is 32.7 Å². The van der Waals surface area contributed by atoms with Gasteiger partial charge in [-0.25, -0.2) is 4.57 Å². The Bertz CT molecular complexity index is 603. The second kappa shape index (κ2) is 9.74. The topological polar surface area (TPSA) is 33.0 Å². The van der Waals surface area contributed by atoms with Gasteiger partial charge in [-0.1, -0.05) is 12.1 Å². The van der Waals surface area contributed by atoms with Crippen LogP contribution in [-0.2, 0) is 11.3 Å². The van der Waals surface area contributed by atoms with Crippen LogP contribution in [-0.4, -0.2) is 5.91 Å². The minimum atomic E-state index is 0. The predicted octanol–water partition coefficient (Wildman–Crippen LogP) is 0.858. The van der Waals surface area contributed by atoms with Crippen LogP contribution in [0, 0.1) is 6.92 Å². The van der Waals surface area contributed by atoms with Gasteiger partial charge in [0.15, 0.2) is 12.4 Å². The van der Waals surface area contributed by atoms with Crippen molar-refractivity contribution in [1.82, 2.24) is 0 Å². The molecule has 0 spiro atoms. The van der Waals surface area contributed by atoms with Gasteiger partial charge in [0.2, 0.25) is 5.91 Å². The van der Waals surface area contributed by atoms with Gasteiger partial charge in [-0.15, -0.1) is 0 Å². The van der Waals surface area contributed by atoms with E-state index in [-0.39, 0.29) is 22.9 Å². The van der Waals surface area contributed by atoms with Crippen molar-refractivity contribution >= 4 is 27.5 Å². The lowest BCUT2D eigenvalue weighted by Gasteiger charge is -2.07. The largest absolute Gasteiger partial charge is 1.00 e. The summed E-state index contributed by atoms with van der Waals surface area (Å²) in [6.07, 6.45) is 6.52. The van der Waals surface area contributed by atoms with Gasteiger partial charge < -0.3 is 22.3 Å². The quantitative estimate of drug-likeness (QED) is 0.538. The fraction of sp³-hybridized carbons (Fsp3) is 0.294. The molecule has 0 unspecified atom stereocenters. The highest BCUT2D eigenvalue weighted by Crippen LogP contribution is 2.23. The number of carbonyl (C=O) groups excluding carboxylic acids is 1. The van der Waals surface area contributed by atoms with Crippen molar-refractivity contribution in [3.05, 3.63) is 58.8 Å². The fourth-order valence-corrected chi connectivity index (χ4v) is 2.69. The number of benzene rings is 1. The van der Waals surface area contributed by atoms with E-state index in [2.05, 4.69) is 25.8 Å². The maximum Gasteiger partial charge on any atom is 0.224 e. The van der Waals surface area contributed by atoms with Gasteiger partial charge in [-0.3, -0.25) is 4.79 Å². The van der Waals surface area contributed by atoms with Gasteiger partial charge in [0.25, 0.3) is 0 Å². The van der Waals surface area contributed by atoms with E-state index >= 15 is 0 Å². The molecule has 1 aromatic heterocycles. The number of nitrogens with one attached hydrogen (secondary N) is 1. The highest BCUT2D eigenvalue weighted by atomic mass is 79.9. The predicted molar refractivity (Wildman–Crippen MR) is 88.0 cm³/mol. The molecule has 0 fully saturated rings. The third kappa shape index (κ3) is 6.28. The van der Waals surface area contributed by atoms with Crippen molar-refractivity contribution in [3.8, 4) is 0 Å². The summed E-state index contributed by atoms with van der Waals surface area (Å²) < 4.78 is 3.06. The van der Waals surface area contributed by atoms with Crippen LogP contribution < -0.4 is 26.9 Å². The third-order valence-electron chi connectivity index (χ3n) is 3.25. The Balaban J connectivity index is 0.00000242. The Morgan fingerprint density at radius 2 is 1.91 bits per heavy atom. The van der Waals surface area contributed by atoms with Gasteiger partial charge in [-0.2, -0.15) is 0 Å². The molecule has 0 aliphatic carbocycles. The number of aryl methyl sites for hydroxylation is 2. The average molecular weight is 428 g/mol. The summed E-state index contributed by atoms with van der Waals surface area (Å²) in [5.41, 5.74) is 2.00. The van der Waals surface area contributed by atoms with E-state index in [1.54, 1.807) is 0 Å². The first kappa shape index (κ1) is 18.8. The number of aromatic nitrogens is 1. The second-order valence-electron chi connectivity index (χ2n) is 5.10. The highest BCUT2D eigenvalue weighted by Gasteiger charge is 2.06. The number of pyridine rings is 1. The standard InChI is InChI=1S/C17H19BrN2O.BrH/c1-14-8-9-16(15(18)13-14)19-17(21)7-3-6-12-20-10-4-2-5-11-20;/h2,4-5,8-11,13H,3,6-7,12H2,1H3;1H. The molecule has 22 heavy (non-hydrogen) atoms. The number of halogens is 2. The summed E-state index contributed by atoms with van der Waals surface area (Å²) in [7, 11) is 0. The molecule has 0 atom stereocenters. The number of hydrogen-bond donors (Lipinski definition) is 1. The number of unbranched alkanes of at least 4 members (excludes halogenated alkanes) is 1. The zero-order chi connectivity index (χ0) is 15.1. The minimum absolute atomic E-state index is 0. The maximum atomic E-state index is 11.9. The molecule has 0 saturated heterocycles. The van der Waals surface area contributed by atoms with Crippen LogP contribution in [0.5, 0.6) is 0 Å².